The summed E-state index contributed by atoms with van der Waals surface area (Å²) in [5, 5.41) is 10.6. The van der Waals surface area contributed by atoms with Gasteiger partial charge in [0.1, 0.15) is 29.9 Å². The Morgan fingerprint density at radius 3 is 2.88 bits per heavy atom. The van der Waals surface area contributed by atoms with Crippen LogP contribution in [-0.2, 0) is 13.0 Å². The highest BCUT2D eigenvalue weighted by Gasteiger charge is 2.32. The molecule has 2 heterocycles. The zero-order valence-corrected chi connectivity index (χ0v) is 14.7. The number of hydrogen-bond acceptors (Lipinski definition) is 5. The quantitative estimate of drug-likeness (QED) is 0.601. The number of hydrogen-bond donors (Lipinski definition) is 2. The lowest BCUT2D eigenvalue weighted by Crippen LogP contribution is -2.27. The van der Waals surface area contributed by atoms with E-state index in [0.717, 1.165) is 54.4 Å². The summed E-state index contributed by atoms with van der Waals surface area (Å²) in [4.78, 5) is 4.13. The summed E-state index contributed by atoms with van der Waals surface area (Å²) in [6, 6.07) is 9.78. The van der Waals surface area contributed by atoms with Gasteiger partial charge in [-0.05, 0) is 61.8 Å². The van der Waals surface area contributed by atoms with E-state index in [9.17, 15) is 5.11 Å². The van der Waals surface area contributed by atoms with Gasteiger partial charge in [0.2, 0.25) is 0 Å². The van der Waals surface area contributed by atoms with Crippen LogP contribution in [0, 0.1) is 0 Å². The topological polar surface area (TPSA) is 81.5 Å². The van der Waals surface area contributed by atoms with Gasteiger partial charge in [-0.25, -0.2) is 0 Å². The number of aromatic nitrogens is 1. The van der Waals surface area contributed by atoms with Crippen LogP contribution in [0.2, 0.25) is 0 Å². The number of furan rings is 1. The van der Waals surface area contributed by atoms with Crippen LogP contribution in [0.5, 0.6) is 5.75 Å². The van der Waals surface area contributed by atoms with E-state index in [2.05, 4.69) is 11.1 Å². The maximum Gasteiger partial charge on any atom is 0.147 e. The van der Waals surface area contributed by atoms with Crippen molar-refractivity contribution in [2.24, 2.45) is 5.73 Å². The standard InChI is InChI=1S/C21H24N2O3/c22-19(8-1-4-14-5-3-11-23-12-14)26-17-7-2-6-16-21(17)20(15-9-10-15)18(13-24)25-16/h2-3,5-7,11-12,15,19,24H,1,4,8-10,13,22H2. The first kappa shape index (κ1) is 17.1. The molecule has 3 N–H and O–H groups in total. The molecular formula is C21H24N2O3. The van der Waals surface area contributed by atoms with Crippen molar-refractivity contribution < 1.29 is 14.3 Å². The molecule has 136 valence electrons. The molecule has 0 radical (unpaired) electrons. The number of rotatable bonds is 8. The van der Waals surface area contributed by atoms with Gasteiger partial charge < -0.3 is 14.3 Å². The molecule has 26 heavy (non-hydrogen) atoms. The van der Waals surface area contributed by atoms with E-state index in [1.165, 1.54) is 5.56 Å². The molecular weight excluding hydrogens is 328 g/mol. The van der Waals surface area contributed by atoms with Crippen LogP contribution in [0.4, 0.5) is 0 Å². The Bertz CT molecular complexity index is 872. The van der Waals surface area contributed by atoms with E-state index in [1.54, 1.807) is 6.20 Å². The molecule has 1 aliphatic rings. The molecule has 0 bridgehead atoms. The normalized spacial score (nSPS) is 15.3. The molecule has 1 atom stereocenters. The summed E-state index contributed by atoms with van der Waals surface area (Å²) >= 11 is 0. The minimum Gasteiger partial charge on any atom is -0.475 e. The van der Waals surface area contributed by atoms with Crippen LogP contribution in [-0.4, -0.2) is 16.3 Å². The molecule has 0 aliphatic heterocycles. The van der Waals surface area contributed by atoms with E-state index in [-0.39, 0.29) is 12.8 Å². The van der Waals surface area contributed by atoms with Crippen LogP contribution in [0.25, 0.3) is 11.0 Å². The highest BCUT2D eigenvalue weighted by Crippen LogP contribution is 2.48. The minimum atomic E-state index is -0.378. The molecule has 1 saturated carbocycles. The maximum absolute atomic E-state index is 9.63. The molecule has 0 amide bonds. The number of aryl methyl sites for hydroxylation is 1. The van der Waals surface area contributed by atoms with Gasteiger partial charge >= 0.3 is 0 Å². The molecule has 5 heteroatoms. The lowest BCUT2D eigenvalue weighted by Gasteiger charge is -2.15. The van der Waals surface area contributed by atoms with Crippen LogP contribution < -0.4 is 10.5 Å². The smallest absolute Gasteiger partial charge is 0.147 e. The highest BCUT2D eigenvalue weighted by atomic mass is 16.5. The van der Waals surface area contributed by atoms with Crippen molar-refractivity contribution in [3.05, 3.63) is 59.6 Å². The van der Waals surface area contributed by atoms with Crippen LogP contribution in [0.15, 0.2) is 47.1 Å². The molecule has 1 fully saturated rings. The molecule has 1 aromatic carbocycles. The fraction of sp³-hybridized carbons (Fsp3) is 0.381. The predicted octanol–water partition coefficient (Wildman–Crippen LogP) is 3.88. The van der Waals surface area contributed by atoms with Crippen LogP contribution >= 0.6 is 0 Å². The molecule has 0 saturated heterocycles. The number of fused-ring (bicyclic) bond motifs is 1. The Morgan fingerprint density at radius 2 is 2.15 bits per heavy atom. The first-order valence-corrected chi connectivity index (χ1v) is 9.22. The third-order valence-electron chi connectivity index (χ3n) is 4.88. The molecule has 4 rings (SSSR count). The van der Waals surface area contributed by atoms with E-state index in [0.29, 0.717) is 11.7 Å². The average molecular weight is 352 g/mol. The van der Waals surface area contributed by atoms with E-state index < -0.39 is 0 Å². The predicted molar refractivity (Wildman–Crippen MR) is 99.9 cm³/mol. The maximum atomic E-state index is 9.63. The second-order valence-electron chi connectivity index (χ2n) is 6.91. The second-order valence-corrected chi connectivity index (χ2v) is 6.91. The summed E-state index contributed by atoms with van der Waals surface area (Å²) in [7, 11) is 0. The van der Waals surface area contributed by atoms with Gasteiger partial charge in [0.25, 0.3) is 0 Å². The van der Waals surface area contributed by atoms with Gasteiger partial charge in [-0.2, -0.15) is 0 Å². The second kappa shape index (κ2) is 7.48. The average Bonchev–Trinajstić information content (AvgIpc) is 3.42. The first-order chi connectivity index (χ1) is 12.8. The molecule has 1 unspecified atom stereocenters. The van der Waals surface area contributed by atoms with Gasteiger partial charge in [-0.1, -0.05) is 12.1 Å². The summed E-state index contributed by atoms with van der Waals surface area (Å²) < 4.78 is 11.9. The molecule has 3 aromatic rings. The molecule has 1 aliphatic carbocycles. The van der Waals surface area contributed by atoms with E-state index >= 15 is 0 Å². The van der Waals surface area contributed by atoms with Gasteiger partial charge in [-0.15, -0.1) is 0 Å². The van der Waals surface area contributed by atoms with Crippen molar-refractivity contribution in [2.45, 2.75) is 50.9 Å². The summed E-state index contributed by atoms with van der Waals surface area (Å²) in [6.07, 6.45) is 8.18. The Balaban J connectivity index is 1.47. The minimum absolute atomic E-state index is 0.0862. The molecule has 2 aromatic heterocycles. The SMILES string of the molecule is NC(CCCc1cccnc1)Oc1cccc2oc(CO)c(C3CC3)c12. The molecule has 0 spiro atoms. The fourth-order valence-electron chi connectivity index (χ4n) is 3.48. The zero-order valence-electron chi connectivity index (χ0n) is 14.7. The van der Waals surface area contributed by atoms with Crippen molar-refractivity contribution in [1.29, 1.82) is 0 Å². The van der Waals surface area contributed by atoms with E-state index in [1.807, 2.05) is 30.5 Å². The first-order valence-electron chi connectivity index (χ1n) is 9.22. The summed E-state index contributed by atoms with van der Waals surface area (Å²) in [5.74, 6) is 1.87. The Morgan fingerprint density at radius 1 is 1.27 bits per heavy atom. The Hall–Kier alpha value is -2.37. The Labute approximate surface area is 152 Å². The van der Waals surface area contributed by atoms with Crippen molar-refractivity contribution >= 4 is 11.0 Å². The number of ether oxygens (including phenoxy) is 1. The van der Waals surface area contributed by atoms with Crippen LogP contribution in [0.3, 0.4) is 0 Å². The Kier molecular flexibility index (Phi) is 4.91. The molecule has 5 nitrogen and oxygen atoms in total. The summed E-state index contributed by atoms with van der Waals surface area (Å²) in [6.45, 7) is -0.0862. The third kappa shape index (κ3) is 3.59. The number of pyridine rings is 1. The zero-order chi connectivity index (χ0) is 17.9. The van der Waals surface area contributed by atoms with Crippen molar-refractivity contribution in [1.82, 2.24) is 4.98 Å². The van der Waals surface area contributed by atoms with Gasteiger partial charge in [0.05, 0.1) is 5.39 Å². The third-order valence-corrected chi connectivity index (χ3v) is 4.88. The van der Waals surface area contributed by atoms with Crippen molar-refractivity contribution in [3.63, 3.8) is 0 Å². The summed E-state index contributed by atoms with van der Waals surface area (Å²) in [5.41, 5.74) is 9.29. The van der Waals surface area contributed by atoms with Gasteiger partial charge in [0, 0.05) is 18.0 Å². The van der Waals surface area contributed by atoms with Crippen molar-refractivity contribution in [2.75, 3.05) is 0 Å². The van der Waals surface area contributed by atoms with Crippen molar-refractivity contribution in [3.8, 4) is 5.75 Å². The number of aliphatic hydroxyl groups is 1. The monoisotopic (exact) mass is 352 g/mol. The number of benzene rings is 1. The van der Waals surface area contributed by atoms with Gasteiger partial charge in [-0.3, -0.25) is 10.7 Å². The van der Waals surface area contributed by atoms with Gasteiger partial charge in [0.15, 0.2) is 0 Å². The lowest BCUT2D eigenvalue weighted by molar-refractivity contribution is 0.198. The van der Waals surface area contributed by atoms with E-state index in [4.69, 9.17) is 14.9 Å². The number of aliphatic hydroxyl groups excluding tert-OH is 1. The largest absolute Gasteiger partial charge is 0.475 e. The highest BCUT2D eigenvalue weighted by molar-refractivity contribution is 5.89. The lowest BCUT2D eigenvalue weighted by atomic mass is 10.1. The number of nitrogens with two attached hydrogens (primary N) is 1. The fourth-order valence-corrected chi connectivity index (χ4v) is 3.48. The van der Waals surface area contributed by atoms with Crippen LogP contribution in [0.1, 0.15) is 48.5 Å². The number of nitrogens with zero attached hydrogens (tertiary/aromatic N) is 1.